The van der Waals surface area contributed by atoms with E-state index in [4.69, 9.17) is 4.42 Å². The van der Waals surface area contributed by atoms with Crippen LogP contribution in [0.2, 0.25) is 0 Å². The Labute approximate surface area is 104 Å². The van der Waals surface area contributed by atoms with Crippen LogP contribution in [0.1, 0.15) is 35.5 Å². The van der Waals surface area contributed by atoms with Gasteiger partial charge >= 0.3 is 0 Å². The van der Waals surface area contributed by atoms with E-state index < -0.39 is 17.7 Å². The van der Waals surface area contributed by atoms with Gasteiger partial charge in [-0.15, -0.1) is 0 Å². The van der Waals surface area contributed by atoms with Gasteiger partial charge < -0.3 is 9.52 Å². The molecule has 1 N–H and O–H groups in total. The molecule has 0 fully saturated rings. The summed E-state index contributed by atoms with van der Waals surface area (Å²) in [6.45, 7) is 3.34. The summed E-state index contributed by atoms with van der Waals surface area (Å²) in [6, 6.07) is 4.41. The Bertz CT molecular complexity index is 561. The van der Waals surface area contributed by atoms with Crippen LogP contribution in [0.4, 0.5) is 8.78 Å². The summed E-state index contributed by atoms with van der Waals surface area (Å²) >= 11 is 0. The van der Waals surface area contributed by atoms with Crippen molar-refractivity contribution in [1.82, 2.24) is 0 Å². The van der Waals surface area contributed by atoms with E-state index in [0.29, 0.717) is 17.7 Å². The van der Waals surface area contributed by atoms with Gasteiger partial charge in [0, 0.05) is 17.5 Å². The quantitative estimate of drug-likeness (QED) is 0.906. The first-order valence-corrected chi connectivity index (χ1v) is 5.75. The van der Waals surface area contributed by atoms with Crippen LogP contribution in [0, 0.1) is 18.6 Å². The van der Waals surface area contributed by atoms with Crippen molar-refractivity contribution in [3.63, 3.8) is 0 Å². The molecule has 0 saturated carbocycles. The second kappa shape index (κ2) is 4.90. The maximum atomic E-state index is 13.8. The average Bonchev–Trinajstić information content (AvgIpc) is 2.83. The summed E-state index contributed by atoms with van der Waals surface area (Å²) in [4.78, 5) is 0. The summed E-state index contributed by atoms with van der Waals surface area (Å²) in [5.74, 6) is -1.36. The van der Waals surface area contributed by atoms with Gasteiger partial charge in [-0.25, -0.2) is 8.78 Å². The molecule has 18 heavy (non-hydrogen) atoms. The molecule has 0 saturated heterocycles. The molecule has 0 radical (unpaired) electrons. The maximum absolute atomic E-state index is 13.8. The van der Waals surface area contributed by atoms with Gasteiger partial charge in [0.15, 0.2) is 11.6 Å². The smallest absolute Gasteiger partial charge is 0.165 e. The Kier molecular flexibility index (Phi) is 3.48. The predicted octanol–water partition coefficient (Wildman–Crippen LogP) is 3.51. The van der Waals surface area contributed by atoms with Crippen molar-refractivity contribution in [2.24, 2.45) is 0 Å². The molecule has 2 aromatic rings. The first-order valence-electron chi connectivity index (χ1n) is 5.75. The Hall–Kier alpha value is -1.68. The molecule has 1 aromatic carbocycles. The van der Waals surface area contributed by atoms with Gasteiger partial charge in [0.1, 0.15) is 11.9 Å². The van der Waals surface area contributed by atoms with Crippen molar-refractivity contribution < 1.29 is 18.3 Å². The lowest BCUT2D eigenvalue weighted by atomic mass is 9.99. The summed E-state index contributed by atoms with van der Waals surface area (Å²) in [5.41, 5.74) is 0.611. The average molecular weight is 252 g/mol. The number of furan rings is 1. The number of benzene rings is 1. The largest absolute Gasteiger partial charge is 0.469 e. The number of aryl methyl sites for hydroxylation is 2. The van der Waals surface area contributed by atoms with Crippen molar-refractivity contribution in [3.8, 4) is 0 Å². The Balaban J connectivity index is 2.46. The third-order valence-corrected chi connectivity index (χ3v) is 3.00. The molecule has 0 amide bonds. The second-order valence-corrected chi connectivity index (χ2v) is 4.15. The summed E-state index contributed by atoms with van der Waals surface area (Å²) < 4.78 is 32.4. The molecule has 0 aliphatic rings. The SMILES string of the molecule is CCc1occc1C(O)c1ccc(C)c(F)c1F. The minimum atomic E-state index is -1.21. The minimum Gasteiger partial charge on any atom is -0.469 e. The zero-order valence-electron chi connectivity index (χ0n) is 10.2. The summed E-state index contributed by atoms with van der Waals surface area (Å²) in [7, 11) is 0. The topological polar surface area (TPSA) is 33.4 Å². The lowest BCUT2D eigenvalue weighted by Crippen LogP contribution is -2.06. The molecule has 4 heteroatoms. The molecule has 1 atom stereocenters. The van der Waals surface area contributed by atoms with Gasteiger partial charge in [0.25, 0.3) is 0 Å². The molecule has 1 unspecified atom stereocenters. The Morgan fingerprint density at radius 3 is 2.56 bits per heavy atom. The number of rotatable bonds is 3. The third-order valence-electron chi connectivity index (χ3n) is 3.00. The fourth-order valence-corrected chi connectivity index (χ4v) is 1.92. The number of hydrogen-bond acceptors (Lipinski definition) is 2. The zero-order valence-corrected chi connectivity index (χ0v) is 10.2. The van der Waals surface area contributed by atoms with E-state index in [1.807, 2.05) is 6.92 Å². The predicted molar refractivity (Wildman–Crippen MR) is 63.2 cm³/mol. The summed E-state index contributed by atoms with van der Waals surface area (Å²) in [5, 5.41) is 10.1. The van der Waals surface area contributed by atoms with Gasteiger partial charge in [-0.3, -0.25) is 0 Å². The normalized spacial score (nSPS) is 12.7. The van der Waals surface area contributed by atoms with Crippen LogP contribution in [0.5, 0.6) is 0 Å². The number of aliphatic hydroxyl groups excluding tert-OH is 1. The van der Waals surface area contributed by atoms with Crippen LogP contribution < -0.4 is 0 Å². The van der Waals surface area contributed by atoms with Crippen molar-refractivity contribution in [3.05, 3.63) is 58.5 Å². The highest BCUT2D eigenvalue weighted by molar-refractivity contribution is 5.34. The number of halogens is 2. The molecule has 0 aliphatic heterocycles. The van der Waals surface area contributed by atoms with Crippen molar-refractivity contribution >= 4 is 0 Å². The summed E-state index contributed by atoms with van der Waals surface area (Å²) in [6.07, 6.45) is 0.795. The molecule has 96 valence electrons. The van der Waals surface area contributed by atoms with Crippen LogP contribution in [0.3, 0.4) is 0 Å². The van der Waals surface area contributed by atoms with E-state index in [1.54, 1.807) is 6.07 Å². The van der Waals surface area contributed by atoms with Gasteiger partial charge in [0.05, 0.1) is 6.26 Å². The fourth-order valence-electron chi connectivity index (χ4n) is 1.92. The first kappa shape index (κ1) is 12.8. The highest BCUT2D eigenvalue weighted by atomic mass is 19.2. The highest BCUT2D eigenvalue weighted by Crippen LogP contribution is 2.29. The lowest BCUT2D eigenvalue weighted by Gasteiger charge is -2.13. The van der Waals surface area contributed by atoms with Crippen LogP contribution >= 0.6 is 0 Å². The Morgan fingerprint density at radius 2 is 1.89 bits per heavy atom. The molecule has 0 aliphatic carbocycles. The molecule has 2 rings (SSSR count). The maximum Gasteiger partial charge on any atom is 0.165 e. The van der Waals surface area contributed by atoms with Crippen molar-refractivity contribution in [1.29, 1.82) is 0 Å². The monoisotopic (exact) mass is 252 g/mol. The van der Waals surface area contributed by atoms with E-state index in [1.165, 1.54) is 25.3 Å². The zero-order chi connectivity index (χ0) is 13.3. The van der Waals surface area contributed by atoms with Crippen molar-refractivity contribution in [2.45, 2.75) is 26.4 Å². The van der Waals surface area contributed by atoms with Gasteiger partial charge in [-0.2, -0.15) is 0 Å². The molecule has 1 aromatic heterocycles. The molecule has 1 heterocycles. The van der Waals surface area contributed by atoms with E-state index in [-0.39, 0.29) is 11.1 Å². The molecule has 0 bridgehead atoms. The molecule has 0 spiro atoms. The van der Waals surface area contributed by atoms with Gasteiger partial charge in [0.2, 0.25) is 0 Å². The van der Waals surface area contributed by atoms with Crippen LogP contribution in [-0.2, 0) is 6.42 Å². The van der Waals surface area contributed by atoms with E-state index >= 15 is 0 Å². The van der Waals surface area contributed by atoms with Crippen LogP contribution in [0.15, 0.2) is 28.9 Å². The van der Waals surface area contributed by atoms with Gasteiger partial charge in [-0.05, 0) is 18.6 Å². The standard InChI is InChI=1S/C14H14F2O2/c1-3-11-9(6-7-18-11)14(17)10-5-4-8(2)12(15)13(10)16/h4-7,14,17H,3H2,1-2H3. The van der Waals surface area contributed by atoms with E-state index in [9.17, 15) is 13.9 Å². The number of hydrogen-bond donors (Lipinski definition) is 1. The van der Waals surface area contributed by atoms with Crippen LogP contribution in [-0.4, -0.2) is 5.11 Å². The van der Waals surface area contributed by atoms with E-state index in [0.717, 1.165) is 0 Å². The van der Waals surface area contributed by atoms with Crippen molar-refractivity contribution in [2.75, 3.05) is 0 Å². The number of aliphatic hydroxyl groups is 1. The lowest BCUT2D eigenvalue weighted by molar-refractivity contribution is 0.210. The minimum absolute atomic E-state index is 0.0748. The molecular formula is C14H14F2O2. The van der Waals surface area contributed by atoms with Gasteiger partial charge in [-0.1, -0.05) is 19.1 Å². The third kappa shape index (κ3) is 2.04. The highest BCUT2D eigenvalue weighted by Gasteiger charge is 2.22. The fraction of sp³-hybridized carbons (Fsp3) is 0.286. The van der Waals surface area contributed by atoms with E-state index in [2.05, 4.69) is 0 Å². The first-order chi connectivity index (χ1) is 8.56. The van der Waals surface area contributed by atoms with Crippen LogP contribution in [0.25, 0.3) is 0 Å². The Morgan fingerprint density at radius 1 is 1.17 bits per heavy atom. The second-order valence-electron chi connectivity index (χ2n) is 4.15. The molecular weight excluding hydrogens is 238 g/mol. The molecule has 2 nitrogen and oxygen atoms in total.